The van der Waals surface area contributed by atoms with Crippen molar-refractivity contribution in [1.82, 2.24) is 34.9 Å². The molecule has 2 aromatic heterocycles. The summed E-state index contributed by atoms with van der Waals surface area (Å²) in [5, 5.41) is 12.6. The monoisotopic (exact) mass is 497 g/mol. The van der Waals surface area contributed by atoms with Gasteiger partial charge in [0.15, 0.2) is 11.5 Å². The van der Waals surface area contributed by atoms with Crippen LogP contribution in [0.25, 0.3) is 16.7 Å². The minimum atomic E-state index is -0.0567. The number of carbonyl (C=O) groups is 1. The summed E-state index contributed by atoms with van der Waals surface area (Å²) in [7, 11) is 2.16. The van der Waals surface area contributed by atoms with Gasteiger partial charge < -0.3 is 15.1 Å². The molecule has 0 spiro atoms. The van der Waals surface area contributed by atoms with E-state index in [0.29, 0.717) is 23.6 Å². The number of piperazine rings is 1. The molecule has 5 rings (SSSR count). The molecule has 0 radical (unpaired) electrons. The minimum Gasteiger partial charge on any atom is -0.352 e. The van der Waals surface area contributed by atoms with Crippen LogP contribution in [0, 0.1) is 0 Å². The highest BCUT2D eigenvalue weighted by Crippen LogP contribution is 2.21. The highest BCUT2D eigenvalue weighted by molar-refractivity contribution is 5.95. The summed E-state index contributed by atoms with van der Waals surface area (Å²) in [6.07, 6.45) is 5.85. The third-order valence-electron chi connectivity index (χ3n) is 6.46. The molecule has 0 atom stereocenters. The van der Waals surface area contributed by atoms with Crippen LogP contribution in [0.3, 0.4) is 0 Å². The summed E-state index contributed by atoms with van der Waals surface area (Å²) < 4.78 is 1.77. The highest BCUT2D eigenvalue weighted by Gasteiger charge is 2.13. The zero-order valence-electron chi connectivity index (χ0n) is 20.9. The highest BCUT2D eigenvalue weighted by atomic mass is 16.1. The van der Waals surface area contributed by atoms with Crippen molar-refractivity contribution >= 4 is 29.0 Å². The van der Waals surface area contributed by atoms with Crippen molar-refractivity contribution < 1.29 is 4.79 Å². The molecule has 10 heteroatoms. The second-order valence-corrected chi connectivity index (χ2v) is 9.10. The van der Waals surface area contributed by atoms with E-state index >= 15 is 0 Å². The van der Waals surface area contributed by atoms with Crippen molar-refractivity contribution in [2.24, 2.45) is 5.10 Å². The molecule has 1 aliphatic heterocycles. The topological polar surface area (TPSA) is 104 Å². The number of nitrogens with one attached hydrogen (secondary N) is 2. The van der Waals surface area contributed by atoms with Crippen LogP contribution in [0.5, 0.6) is 0 Å². The summed E-state index contributed by atoms with van der Waals surface area (Å²) in [4.78, 5) is 26.0. The molecule has 1 amide bonds. The van der Waals surface area contributed by atoms with Crippen LogP contribution in [-0.4, -0.2) is 88.0 Å². The van der Waals surface area contributed by atoms with Gasteiger partial charge in [-0.25, -0.2) is 14.6 Å². The van der Waals surface area contributed by atoms with Crippen LogP contribution in [0.1, 0.15) is 22.3 Å². The molecule has 0 aliphatic carbocycles. The van der Waals surface area contributed by atoms with Gasteiger partial charge in [-0.3, -0.25) is 10.2 Å². The maximum atomic E-state index is 12.5. The van der Waals surface area contributed by atoms with Crippen LogP contribution in [-0.2, 0) is 0 Å². The van der Waals surface area contributed by atoms with E-state index in [4.69, 9.17) is 0 Å². The molecule has 1 aliphatic rings. The Balaban J connectivity index is 1.12. The Kier molecular flexibility index (Phi) is 7.78. The van der Waals surface area contributed by atoms with Crippen LogP contribution < -0.4 is 10.7 Å². The molecular formula is C27H31N9O. The number of fused-ring (bicyclic) bond motifs is 1. The first-order valence-corrected chi connectivity index (χ1v) is 12.5. The first-order valence-electron chi connectivity index (χ1n) is 12.5. The van der Waals surface area contributed by atoms with E-state index in [2.05, 4.69) is 47.8 Å². The molecular weight excluding hydrogens is 466 g/mol. The van der Waals surface area contributed by atoms with E-state index in [1.165, 1.54) is 6.33 Å². The molecule has 2 aromatic carbocycles. The first-order chi connectivity index (χ1) is 18.2. The van der Waals surface area contributed by atoms with E-state index in [0.717, 1.165) is 55.8 Å². The quantitative estimate of drug-likeness (QED) is 0.208. The number of hydrogen-bond acceptors (Lipinski definition) is 8. The summed E-state index contributed by atoms with van der Waals surface area (Å²) in [5.74, 6) is 0.509. The smallest absolute Gasteiger partial charge is 0.251 e. The third-order valence-corrected chi connectivity index (χ3v) is 6.46. The van der Waals surface area contributed by atoms with Gasteiger partial charge in [-0.1, -0.05) is 30.3 Å². The number of hydrazone groups is 1. The van der Waals surface area contributed by atoms with E-state index in [1.807, 2.05) is 54.6 Å². The predicted molar refractivity (Wildman–Crippen MR) is 145 cm³/mol. The number of benzene rings is 2. The van der Waals surface area contributed by atoms with Crippen molar-refractivity contribution in [3.63, 3.8) is 0 Å². The number of nitrogens with zero attached hydrogens (tertiary/aromatic N) is 7. The molecule has 3 heterocycles. The Labute approximate surface area is 216 Å². The lowest BCUT2D eigenvalue weighted by atomic mass is 10.1. The molecule has 190 valence electrons. The van der Waals surface area contributed by atoms with E-state index in [-0.39, 0.29) is 5.91 Å². The van der Waals surface area contributed by atoms with Gasteiger partial charge in [-0.15, -0.1) is 0 Å². The molecule has 37 heavy (non-hydrogen) atoms. The Bertz CT molecular complexity index is 1340. The number of para-hydroxylation sites is 1. The fraction of sp³-hybridized carbons (Fsp3) is 0.296. The van der Waals surface area contributed by atoms with Crippen molar-refractivity contribution in [2.75, 3.05) is 51.7 Å². The molecule has 10 nitrogen and oxygen atoms in total. The van der Waals surface area contributed by atoms with Gasteiger partial charge in [0.2, 0.25) is 0 Å². The fourth-order valence-electron chi connectivity index (χ4n) is 4.26. The average Bonchev–Trinajstić information content (AvgIpc) is 3.38. The summed E-state index contributed by atoms with van der Waals surface area (Å²) in [6.45, 7) is 6.11. The third kappa shape index (κ3) is 6.16. The van der Waals surface area contributed by atoms with Gasteiger partial charge in [0.05, 0.1) is 23.5 Å². The zero-order chi connectivity index (χ0) is 25.5. The van der Waals surface area contributed by atoms with Gasteiger partial charge in [-0.2, -0.15) is 10.2 Å². The summed E-state index contributed by atoms with van der Waals surface area (Å²) >= 11 is 0. The van der Waals surface area contributed by atoms with Crippen LogP contribution >= 0.6 is 0 Å². The second-order valence-electron chi connectivity index (χ2n) is 9.10. The lowest BCUT2D eigenvalue weighted by Crippen LogP contribution is -2.45. The SMILES string of the molecule is CN1CCN(CCCNC(=O)c2ccc(/C=N/Nc3ncnc4c3cnn4-c3ccccc3)cc2)CC1. The van der Waals surface area contributed by atoms with E-state index in [1.54, 1.807) is 17.1 Å². The van der Waals surface area contributed by atoms with Gasteiger partial charge in [0.25, 0.3) is 5.91 Å². The molecule has 0 bridgehead atoms. The lowest BCUT2D eigenvalue weighted by Gasteiger charge is -2.32. The number of amides is 1. The van der Waals surface area contributed by atoms with Crippen molar-refractivity contribution in [3.05, 3.63) is 78.2 Å². The number of carbonyl (C=O) groups excluding carboxylic acids is 1. The summed E-state index contributed by atoms with van der Waals surface area (Å²) in [6, 6.07) is 17.2. The Morgan fingerprint density at radius 1 is 1.03 bits per heavy atom. The van der Waals surface area contributed by atoms with Crippen LogP contribution in [0.4, 0.5) is 5.82 Å². The number of likely N-dealkylation sites (N-methyl/N-ethyl adjacent to an activating group) is 1. The second kappa shape index (κ2) is 11.7. The Hall–Kier alpha value is -4.15. The molecule has 1 fully saturated rings. The van der Waals surface area contributed by atoms with Crippen molar-refractivity contribution in [1.29, 1.82) is 0 Å². The largest absolute Gasteiger partial charge is 0.352 e. The van der Waals surface area contributed by atoms with E-state index < -0.39 is 0 Å². The van der Waals surface area contributed by atoms with Crippen molar-refractivity contribution in [3.8, 4) is 5.69 Å². The van der Waals surface area contributed by atoms with Gasteiger partial charge in [0.1, 0.15) is 6.33 Å². The molecule has 1 saturated heterocycles. The molecule has 0 unspecified atom stereocenters. The number of rotatable bonds is 9. The lowest BCUT2D eigenvalue weighted by molar-refractivity contribution is 0.0949. The molecule has 4 aromatic rings. The molecule has 0 saturated carbocycles. The Morgan fingerprint density at radius 2 is 1.81 bits per heavy atom. The first kappa shape index (κ1) is 24.5. The standard InChI is InChI=1S/C27H31N9O/c1-34-14-16-35(17-15-34)13-5-12-28-27(37)22-10-8-21(9-11-22)18-31-33-25-24-19-32-36(26(24)30-20-29-25)23-6-3-2-4-7-23/h2-4,6-11,18-20H,5,12-17H2,1H3,(H,28,37)(H,29,30,33)/b31-18+. The predicted octanol–water partition coefficient (Wildman–Crippen LogP) is 2.63. The number of hydrogen-bond donors (Lipinski definition) is 2. The maximum Gasteiger partial charge on any atom is 0.251 e. The van der Waals surface area contributed by atoms with E-state index in [9.17, 15) is 4.79 Å². The average molecular weight is 498 g/mol. The van der Waals surface area contributed by atoms with Gasteiger partial charge >= 0.3 is 0 Å². The van der Waals surface area contributed by atoms with Crippen LogP contribution in [0.15, 0.2) is 72.2 Å². The Morgan fingerprint density at radius 3 is 2.59 bits per heavy atom. The fourth-order valence-corrected chi connectivity index (χ4v) is 4.26. The summed E-state index contributed by atoms with van der Waals surface area (Å²) in [5.41, 5.74) is 6.09. The maximum absolute atomic E-state index is 12.5. The normalized spacial score (nSPS) is 14.8. The number of aromatic nitrogens is 4. The number of anilines is 1. The minimum absolute atomic E-state index is 0.0567. The van der Waals surface area contributed by atoms with Gasteiger partial charge in [-0.05, 0) is 49.8 Å². The zero-order valence-corrected chi connectivity index (χ0v) is 20.9. The van der Waals surface area contributed by atoms with Crippen molar-refractivity contribution in [2.45, 2.75) is 6.42 Å². The van der Waals surface area contributed by atoms with Crippen LogP contribution in [0.2, 0.25) is 0 Å². The molecule has 2 N–H and O–H groups in total. The van der Waals surface area contributed by atoms with Gasteiger partial charge in [0, 0.05) is 38.3 Å².